The average molecular weight is 314 g/mol. The van der Waals surface area contributed by atoms with Gasteiger partial charge in [-0.25, -0.2) is 0 Å². The van der Waals surface area contributed by atoms with Gasteiger partial charge >= 0.3 is 0 Å². The van der Waals surface area contributed by atoms with Gasteiger partial charge < -0.3 is 9.84 Å². The third-order valence-electron chi connectivity index (χ3n) is 2.58. The summed E-state index contributed by atoms with van der Waals surface area (Å²) in [7, 11) is 0. The van der Waals surface area contributed by atoms with Crippen molar-refractivity contribution in [2.75, 3.05) is 6.54 Å². The van der Waals surface area contributed by atoms with Gasteiger partial charge in [-0.15, -0.1) is 0 Å². The number of aromatic nitrogens is 2. The van der Waals surface area contributed by atoms with E-state index in [1.54, 1.807) is 18.2 Å². The molecule has 6 heteroatoms. The predicted molar refractivity (Wildman–Crippen MR) is 81.2 cm³/mol. The maximum absolute atomic E-state index is 5.96. The first-order valence-corrected chi connectivity index (χ1v) is 7.13. The Morgan fingerprint density at radius 1 is 1.15 bits per heavy atom. The molecule has 108 valence electrons. The maximum atomic E-state index is 5.96. The Bertz CT molecular complexity index is 570. The third-order valence-corrected chi connectivity index (χ3v) is 3.02. The molecule has 1 N–H and O–H groups in total. The lowest BCUT2D eigenvalue weighted by Gasteiger charge is -2.19. The number of hydrogen-bond donors (Lipinski definition) is 1. The molecule has 0 amide bonds. The highest BCUT2D eigenvalue weighted by Crippen LogP contribution is 2.25. The number of nitrogens with one attached hydrogen (secondary N) is 1. The van der Waals surface area contributed by atoms with Crippen LogP contribution in [0.3, 0.4) is 0 Å². The highest BCUT2D eigenvalue weighted by Gasteiger charge is 2.12. The lowest BCUT2D eigenvalue weighted by molar-refractivity contribution is 0.362. The second kappa shape index (κ2) is 6.12. The minimum atomic E-state index is 0.0728. The van der Waals surface area contributed by atoms with Crippen LogP contribution >= 0.6 is 23.2 Å². The van der Waals surface area contributed by atoms with Gasteiger partial charge in [0.25, 0.3) is 0 Å². The first kappa shape index (κ1) is 15.3. The van der Waals surface area contributed by atoms with Crippen molar-refractivity contribution in [3.63, 3.8) is 0 Å². The van der Waals surface area contributed by atoms with Crippen molar-refractivity contribution in [1.29, 1.82) is 0 Å². The second-order valence-corrected chi connectivity index (χ2v) is 6.47. The minimum absolute atomic E-state index is 0.0728. The summed E-state index contributed by atoms with van der Waals surface area (Å²) < 4.78 is 5.23. The summed E-state index contributed by atoms with van der Waals surface area (Å²) in [4.78, 5) is 4.35. The van der Waals surface area contributed by atoms with Crippen LogP contribution in [0.25, 0.3) is 11.4 Å². The van der Waals surface area contributed by atoms with Crippen LogP contribution < -0.4 is 5.32 Å². The molecule has 0 saturated heterocycles. The molecule has 1 heterocycles. The van der Waals surface area contributed by atoms with Crippen LogP contribution in [0.1, 0.15) is 26.7 Å². The van der Waals surface area contributed by atoms with Crippen LogP contribution in [-0.4, -0.2) is 22.2 Å². The zero-order valence-electron chi connectivity index (χ0n) is 11.7. The summed E-state index contributed by atoms with van der Waals surface area (Å²) in [6.45, 7) is 7.11. The molecule has 0 radical (unpaired) electrons. The SMILES string of the molecule is CC(C)(C)NCCc1nc(-c2cc(Cl)cc(Cl)c2)no1. The summed E-state index contributed by atoms with van der Waals surface area (Å²) in [5.41, 5.74) is 0.824. The molecular weight excluding hydrogens is 297 g/mol. The van der Waals surface area contributed by atoms with Gasteiger partial charge in [-0.05, 0) is 39.0 Å². The lowest BCUT2D eigenvalue weighted by Crippen LogP contribution is -2.37. The van der Waals surface area contributed by atoms with E-state index in [0.717, 1.165) is 12.1 Å². The van der Waals surface area contributed by atoms with Crippen LogP contribution in [0.15, 0.2) is 22.7 Å². The first-order chi connectivity index (χ1) is 9.33. The standard InChI is InChI=1S/C14H17Cl2N3O/c1-14(2,3)17-5-4-12-18-13(19-20-12)9-6-10(15)8-11(16)7-9/h6-8,17H,4-5H2,1-3H3. The molecular formula is C14H17Cl2N3O. The Morgan fingerprint density at radius 3 is 2.40 bits per heavy atom. The Kier molecular flexibility index (Phi) is 4.68. The summed E-state index contributed by atoms with van der Waals surface area (Å²) in [6.07, 6.45) is 0.679. The van der Waals surface area contributed by atoms with E-state index in [1.165, 1.54) is 0 Å². The number of hydrogen-bond acceptors (Lipinski definition) is 4. The summed E-state index contributed by atoms with van der Waals surface area (Å²) in [6, 6.07) is 5.19. The van der Waals surface area contributed by atoms with E-state index in [4.69, 9.17) is 27.7 Å². The van der Waals surface area contributed by atoms with E-state index in [1.807, 2.05) is 0 Å². The monoisotopic (exact) mass is 313 g/mol. The first-order valence-electron chi connectivity index (χ1n) is 6.37. The van der Waals surface area contributed by atoms with Crippen molar-refractivity contribution in [3.8, 4) is 11.4 Å². The van der Waals surface area contributed by atoms with E-state index in [-0.39, 0.29) is 5.54 Å². The molecule has 0 unspecified atom stereocenters. The molecule has 0 aliphatic carbocycles. The van der Waals surface area contributed by atoms with Gasteiger partial charge in [-0.1, -0.05) is 28.4 Å². The summed E-state index contributed by atoms with van der Waals surface area (Å²) in [5, 5.41) is 8.42. The maximum Gasteiger partial charge on any atom is 0.228 e. The van der Waals surface area contributed by atoms with Gasteiger partial charge in [0, 0.05) is 34.1 Å². The number of halogens is 2. The van der Waals surface area contributed by atoms with Gasteiger partial charge in [0.05, 0.1) is 0 Å². The van der Waals surface area contributed by atoms with Crippen molar-refractivity contribution < 1.29 is 4.52 Å². The molecule has 1 aromatic heterocycles. The van der Waals surface area contributed by atoms with E-state index >= 15 is 0 Å². The van der Waals surface area contributed by atoms with E-state index in [0.29, 0.717) is 28.2 Å². The summed E-state index contributed by atoms with van der Waals surface area (Å²) >= 11 is 11.9. The lowest BCUT2D eigenvalue weighted by atomic mass is 10.1. The van der Waals surface area contributed by atoms with Crippen molar-refractivity contribution in [3.05, 3.63) is 34.1 Å². The minimum Gasteiger partial charge on any atom is -0.339 e. The molecule has 2 aromatic rings. The Labute approximate surface area is 128 Å². The van der Waals surface area contributed by atoms with Gasteiger partial charge in [-0.2, -0.15) is 4.98 Å². The molecule has 2 rings (SSSR count). The zero-order valence-corrected chi connectivity index (χ0v) is 13.2. The molecule has 1 aromatic carbocycles. The Balaban J connectivity index is 2.05. The largest absolute Gasteiger partial charge is 0.339 e. The zero-order chi connectivity index (χ0) is 14.8. The van der Waals surface area contributed by atoms with E-state index in [9.17, 15) is 0 Å². The van der Waals surface area contributed by atoms with E-state index < -0.39 is 0 Å². The fraction of sp³-hybridized carbons (Fsp3) is 0.429. The number of rotatable bonds is 4. The predicted octanol–water partition coefficient (Wildman–Crippen LogP) is 3.97. The van der Waals surface area contributed by atoms with Gasteiger partial charge in [0.15, 0.2) is 0 Å². The fourth-order valence-corrected chi connectivity index (χ4v) is 2.23. The normalized spacial score (nSPS) is 11.8. The van der Waals surface area contributed by atoms with Crippen LogP contribution in [0.4, 0.5) is 0 Å². The van der Waals surface area contributed by atoms with E-state index in [2.05, 4.69) is 36.2 Å². The highest BCUT2D eigenvalue weighted by molar-refractivity contribution is 6.35. The average Bonchev–Trinajstić information content (AvgIpc) is 2.74. The van der Waals surface area contributed by atoms with Gasteiger partial charge in [0.2, 0.25) is 11.7 Å². The molecule has 0 fully saturated rings. The second-order valence-electron chi connectivity index (χ2n) is 5.60. The molecule has 0 aliphatic rings. The van der Waals surface area contributed by atoms with Gasteiger partial charge in [-0.3, -0.25) is 0 Å². The number of benzene rings is 1. The van der Waals surface area contributed by atoms with Crippen LogP contribution in [0.2, 0.25) is 10.0 Å². The molecule has 0 spiro atoms. The van der Waals surface area contributed by atoms with Crippen LogP contribution in [0, 0.1) is 0 Å². The molecule has 0 aliphatic heterocycles. The topological polar surface area (TPSA) is 51.0 Å². The summed E-state index contributed by atoms with van der Waals surface area (Å²) in [5.74, 6) is 1.09. The van der Waals surface area contributed by atoms with Crippen LogP contribution in [-0.2, 0) is 6.42 Å². The Hall–Kier alpha value is -1.10. The van der Waals surface area contributed by atoms with Crippen molar-refractivity contribution in [2.45, 2.75) is 32.7 Å². The quantitative estimate of drug-likeness (QED) is 0.927. The van der Waals surface area contributed by atoms with Gasteiger partial charge in [0.1, 0.15) is 0 Å². The smallest absolute Gasteiger partial charge is 0.228 e. The van der Waals surface area contributed by atoms with Crippen LogP contribution in [0.5, 0.6) is 0 Å². The van der Waals surface area contributed by atoms with Crippen molar-refractivity contribution >= 4 is 23.2 Å². The Morgan fingerprint density at radius 2 is 1.80 bits per heavy atom. The number of nitrogens with zero attached hydrogens (tertiary/aromatic N) is 2. The molecule has 20 heavy (non-hydrogen) atoms. The molecule has 4 nitrogen and oxygen atoms in total. The molecule has 0 saturated carbocycles. The van der Waals surface area contributed by atoms with Crippen molar-refractivity contribution in [2.24, 2.45) is 0 Å². The third kappa shape index (κ3) is 4.47. The molecule has 0 bridgehead atoms. The van der Waals surface area contributed by atoms with Crippen molar-refractivity contribution in [1.82, 2.24) is 15.5 Å². The molecule has 0 atom stereocenters. The highest BCUT2D eigenvalue weighted by atomic mass is 35.5. The fourth-order valence-electron chi connectivity index (χ4n) is 1.70.